The molecule has 0 bridgehead atoms. The van der Waals surface area contributed by atoms with E-state index in [0.717, 1.165) is 5.56 Å². The Kier molecular flexibility index (Phi) is 5.33. The summed E-state index contributed by atoms with van der Waals surface area (Å²) in [7, 11) is 0. The van der Waals surface area contributed by atoms with Crippen LogP contribution in [0.15, 0.2) is 36.7 Å². The molecule has 5 heteroatoms. The molecule has 0 aliphatic heterocycles. The van der Waals surface area contributed by atoms with E-state index in [4.69, 9.17) is 0 Å². The molecule has 1 atom stereocenters. The molecule has 1 aromatic carbocycles. The van der Waals surface area contributed by atoms with Crippen LogP contribution < -0.4 is 5.32 Å². The van der Waals surface area contributed by atoms with Gasteiger partial charge in [-0.25, -0.2) is 4.39 Å². The van der Waals surface area contributed by atoms with Crippen LogP contribution in [0, 0.1) is 11.7 Å². The highest BCUT2D eigenvalue weighted by atomic mass is 19.1. The van der Waals surface area contributed by atoms with Crippen LogP contribution in [0.3, 0.4) is 0 Å². The van der Waals surface area contributed by atoms with Crippen LogP contribution in [0.1, 0.15) is 30.6 Å². The van der Waals surface area contributed by atoms with Gasteiger partial charge in [-0.3, -0.25) is 4.79 Å². The van der Waals surface area contributed by atoms with Gasteiger partial charge in [-0.2, -0.15) is 0 Å². The summed E-state index contributed by atoms with van der Waals surface area (Å²) in [6, 6.07) is 5.71. The molecule has 2 aromatic rings. The predicted molar refractivity (Wildman–Crippen MR) is 84.0 cm³/mol. The van der Waals surface area contributed by atoms with E-state index in [0.29, 0.717) is 23.5 Å². The molecule has 1 unspecified atom stereocenters. The van der Waals surface area contributed by atoms with Crippen LogP contribution >= 0.6 is 0 Å². The average Bonchev–Trinajstić information content (AvgIpc) is 2.96. The van der Waals surface area contributed by atoms with Gasteiger partial charge in [-0.1, -0.05) is 26.0 Å². The summed E-state index contributed by atoms with van der Waals surface area (Å²) in [6.07, 6.45) is 4.02. The third kappa shape index (κ3) is 3.95. The lowest BCUT2D eigenvalue weighted by Crippen LogP contribution is -2.38. The fourth-order valence-corrected chi connectivity index (χ4v) is 2.43. The molecule has 0 saturated heterocycles. The van der Waals surface area contributed by atoms with E-state index in [-0.39, 0.29) is 24.4 Å². The highest BCUT2D eigenvalue weighted by molar-refractivity contribution is 6.00. The number of aliphatic hydroxyl groups excluding tert-OH is 1. The van der Waals surface area contributed by atoms with Gasteiger partial charge in [-0.15, -0.1) is 0 Å². The number of carbonyl (C=O) groups is 1. The molecule has 0 radical (unpaired) electrons. The zero-order valence-corrected chi connectivity index (χ0v) is 12.8. The molecule has 0 aliphatic carbocycles. The molecule has 0 fully saturated rings. The minimum atomic E-state index is -0.317. The maximum atomic E-state index is 13.0. The molecule has 0 spiro atoms. The first-order chi connectivity index (χ1) is 10.5. The molecular formula is C17H21FN2O2. The van der Waals surface area contributed by atoms with Crippen molar-refractivity contribution in [2.45, 2.75) is 26.3 Å². The number of amides is 1. The Hall–Kier alpha value is -2.14. The van der Waals surface area contributed by atoms with Crippen molar-refractivity contribution in [3.63, 3.8) is 0 Å². The van der Waals surface area contributed by atoms with Gasteiger partial charge in [0.1, 0.15) is 5.82 Å². The van der Waals surface area contributed by atoms with Gasteiger partial charge >= 0.3 is 0 Å². The van der Waals surface area contributed by atoms with Gasteiger partial charge in [0.05, 0.1) is 18.2 Å². The molecule has 0 saturated carbocycles. The van der Waals surface area contributed by atoms with E-state index >= 15 is 0 Å². The summed E-state index contributed by atoms with van der Waals surface area (Å²) in [5, 5.41) is 12.2. The lowest BCUT2D eigenvalue weighted by Gasteiger charge is -2.18. The number of H-pyrrole nitrogens is 1. The van der Waals surface area contributed by atoms with Crippen LogP contribution in [0.25, 0.3) is 11.1 Å². The van der Waals surface area contributed by atoms with Crippen molar-refractivity contribution in [1.82, 2.24) is 10.3 Å². The third-order valence-electron chi connectivity index (χ3n) is 3.46. The Morgan fingerprint density at radius 3 is 2.55 bits per heavy atom. The molecule has 4 nitrogen and oxygen atoms in total. The second-order valence-corrected chi connectivity index (χ2v) is 5.77. The quantitative estimate of drug-likeness (QED) is 0.768. The number of benzene rings is 1. The molecule has 22 heavy (non-hydrogen) atoms. The molecule has 1 heterocycles. The Balaban J connectivity index is 2.17. The van der Waals surface area contributed by atoms with E-state index in [1.165, 1.54) is 12.1 Å². The van der Waals surface area contributed by atoms with Gasteiger partial charge in [0.15, 0.2) is 0 Å². The number of aliphatic hydroxyl groups is 1. The van der Waals surface area contributed by atoms with Crippen molar-refractivity contribution in [2.24, 2.45) is 5.92 Å². The van der Waals surface area contributed by atoms with Crippen molar-refractivity contribution in [2.75, 3.05) is 6.61 Å². The zero-order chi connectivity index (χ0) is 16.1. The molecule has 1 aromatic heterocycles. The van der Waals surface area contributed by atoms with Crippen LogP contribution in [-0.2, 0) is 0 Å². The number of aromatic amines is 1. The summed E-state index contributed by atoms with van der Waals surface area (Å²) in [5.74, 6) is -0.192. The molecule has 3 N–H and O–H groups in total. The Bertz CT molecular complexity index is 620. The van der Waals surface area contributed by atoms with E-state index in [1.807, 2.05) is 13.8 Å². The van der Waals surface area contributed by atoms with Gasteiger partial charge in [-0.05, 0) is 30.0 Å². The van der Waals surface area contributed by atoms with Crippen LogP contribution in [0.5, 0.6) is 0 Å². The fourth-order valence-electron chi connectivity index (χ4n) is 2.43. The van der Waals surface area contributed by atoms with E-state index < -0.39 is 0 Å². The standard InChI is InChI=1S/C17H21FN2O2/c1-11(2)7-14(10-21)20-17(22)16-9-19-8-15(16)12-3-5-13(18)6-4-12/h3-6,8-9,11,14,19,21H,7,10H2,1-2H3,(H,20,22). The molecule has 0 aliphatic rings. The summed E-state index contributed by atoms with van der Waals surface area (Å²) >= 11 is 0. The Labute approximate surface area is 129 Å². The van der Waals surface area contributed by atoms with Crippen LogP contribution in [-0.4, -0.2) is 28.6 Å². The second-order valence-electron chi connectivity index (χ2n) is 5.77. The Morgan fingerprint density at radius 2 is 1.95 bits per heavy atom. The minimum absolute atomic E-state index is 0.0970. The summed E-state index contributed by atoms with van der Waals surface area (Å²) in [6.45, 7) is 3.98. The van der Waals surface area contributed by atoms with Crippen molar-refractivity contribution < 1.29 is 14.3 Å². The van der Waals surface area contributed by atoms with Crippen LogP contribution in [0.4, 0.5) is 4.39 Å². The van der Waals surface area contributed by atoms with Crippen molar-refractivity contribution >= 4 is 5.91 Å². The minimum Gasteiger partial charge on any atom is -0.394 e. The van der Waals surface area contributed by atoms with Gasteiger partial charge in [0.25, 0.3) is 5.91 Å². The van der Waals surface area contributed by atoms with E-state index in [9.17, 15) is 14.3 Å². The molecule has 118 valence electrons. The highest BCUT2D eigenvalue weighted by Gasteiger charge is 2.18. The number of rotatable bonds is 6. The third-order valence-corrected chi connectivity index (χ3v) is 3.46. The topological polar surface area (TPSA) is 65.1 Å². The van der Waals surface area contributed by atoms with Crippen molar-refractivity contribution in [3.05, 3.63) is 48.0 Å². The zero-order valence-electron chi connectivity index (χ0n) is 12.8. The lowest BCUT2D eigenvalue weighted by atomic mass is 10.0. The van der Waals surface area contributed by atoms with Gasteiger partial charge < -0.3 is 15.4 Å². The maximum absolute atomic E-state index is 13.0. The number of nitrogens with one attached hydrogen (secondary N) is 2. The fraction of sp³-hybridized carbons (Fsp3) is 0.353. The summed E-state index contributed by atoms with van der Waals surface area (Å²) < 4.78 is 13.0. The largest absolute Gasteiger partial charge is 0.394 e. The normalized spacial score (nSPS) is 12.4. The Morgan fingerprint density at radius 1 is 1.27 bits per heavy atom. The van der Waals surface area contributed by atoms with Crippen molar-refractivity contribution in [3.8, 4) is 11.1 Å². The first-order valence-corrected chi connectivity index (χ1v) is 7.35. The monoisotopic (exact) mass is 304 g/mol. The van der Waals surface area contributed by atoms with Gasteiger partial charge in [0.2, 0.25) is 0 Å². The van der Waals surface area contributed by atoms with E-state index in [1.54, 1.807) is 24.5 Å². The lowest BCUT2D eigenvalue weighted by molar-refractivity contribution is 0.0909. The smallest absolute Gasteiger partial charge is 0.253 e. The highest BCUT2D eigenvalue weighted by Crippen LogP contribution is 2.24. The predicted octanol–water partition coefficient (Wildman–Crippen LogP) is 2.96. The summed E-state index contributed by atoms with van der Waals surface area (Å²) in [5.41, 5.74) is 1.95. The van der Waals surface area contributed by atoms with Crippen molar-refractivity contribution in [1.29, 1.82) is 0 Å². The molecular weight excluding hydrogens is 283 g/mol. The number of hydrogen-bond donors (Lipinski definition) is 3. The van der Waals surface area contributed by atoms with Gasteiger partial charge in [0, 0.05) is 18.0 Å². The van der Waals surface area contributed by atoms with Crippen LogP contribution in [0.2, 0.25) is 0 Å². The van der Waals surface area contributed by atoms with E-state index in [2.05, 4.69) is 10.3 Å². The SMILES string of the molecule is CC(C)CC(CO)NC(=O)c1c[nH]cc1-c1ccc(F)cc1. The first kappa shape index (κ1) is 16.2. The maximum Gasteiger partial charge on any atom is 0.253 e. The summed E-state index contributed by atoms with van der Waals surface area (Å²) in [4.78, 5) is 15.3. The first-order valence-electron chi connectivity index (χ1n) is 7.35. The second kappa shape index (κ2) is 7.22. The molecule has 2 rings (SSSR count). The number of halogens is 1. The number of aromatic nitrogens is 1. The molecule has 1 amide bonds. The number of carbonyl (C=O) groups excluding carboxylic acids is 1. The average molecular weight is 304 g/mol. The number of hydrogen-bond acceptors (Lipinski definition) is 2.